The molecule has 1 heteroatoms. The average Bonchev–Trinajstić information content (AvgIpc) is 3.16. The molecule has 1 nitrogen and oxygen atoms in total. The largest absolute Gasteiger partial charge is 0.297 e. The summed E-state index contributed by atoms with van der Waals surface area (Å²) in [6.07, 6.45) is 9.73. The third-order valence-corrected chi connectivity index (χ3v) is 4.00. The fourth-order valence-corrected chi connectivity index (χ4v) is 2.67. The van der Waals surface area contributed by atoms with E-state index >= 15 is 0 Å². The lowest BCUT2D eigenvalue weighted by molar-refractivity contribution is 0.478. The second-order valence-corrected chi connectivity index (χ2v) is 5.59. The van der Waals surface area contributed by atoms with Gasteiger partial charge < -0.3 is 0 Å². The normalized spacial score (nSPS) is 22.1. The van der Waals surface area contributed by atoms with Crippen molar-refractivity contribution in [2.24, 2.45) is 0 Å². The van der Waals surface area contributed by atoms with Crippen molar-refractivity contribution in [3.8, 4) is 0 Å². The van der Waals surface area contributed by atoms with Gasteiger partial charge >= 0.3 is 0 Å². The summed E-state index contributed by atoms with van der Waals surface area (Å²) >= 11 is 0. The molecule has 1 fully saturated rings. The molecule has 2 rings (SSSR count). The summed E-state index contributed by atoms with van der Waals surface area (Å²) in [5.74, 6) is 0. The summed E-state index contributed by atoms with van der Waals surface area (Å²) in [5, 5.41) is 0. The highest BCUT2D eigenvalue weighted by Gasteiger charge is 2.31. The molecule has 1 saturated heterocycles. The summed E-state index contributed by atoms with van der Waals surface area (Å²) in [5.41, 5.74) is 1.48. The van der Waals surface area contributed by atoms with Gasteiger partial charge in [-0.15, -0.1) is 0 Å². The van der Waals surface area contributed by atoms with Crippen molar-refractivity contribution in [1.29, 1.82) is 0 Å². The molecule has 0 aliphatic carbocycles. The Morgan fingerprint density at radius 1 is 1.06 bits per heavy atom. The zero-order valence-corrected chi connectivity index (χ0v) is 11.8. The molecular weight excluding hydrogens is 218 g/mol. The minimum absolute atomic E-state index is 0.912. The van der Waals surface area contributed by atoms with Crippen LogP contribution in [0.25, 0.3) is 0 Å². The highest BCUT2D eigenvalue weighted by atomic mass is 15.3. The van der Waals surface area contributed by atoms with Crippen LogP contribution in [0.4, 0.5) is 0 Å². The molecule has 2 atom stereocenters. The van der Waals surface area contributed by atoms with Gasteiger partial charge in [-0.1, -0.05) is 69.4 Å². The van der Waals surface area contributed by atoms with Crippen LogP contribution in [-0.2, 0) is 6.42 Å². The number of hydrogen-bond donors (Lipinski definition) is 0. The number of benzene rings is 1. The minimum atomic E-state index is 0.912. The molecule has 1 aliphatic rings. The summed E-state index contributed by atoms with van der Waals surface area (Å²) < 4.78 is 0. The van der Waals surface area contributed by atoms with Crippen LogP contribution in [0.3, 0.4) is 0 Å². The highest BCUT2D eigenvalue weighted by molar-refractivity contribution is 5.15. The lowest BCUT2D eigenvalue weighted by atomic mass is 10.1. The molecule has 100 valence electrons. The van der Waals surface area contributed by atoms with Crippen molar-refractivity contribution in [3.05, 3.63) is 35.9 Å². The quantitative estimate of drug-likeness (QED) is 0.464. The van der Waals surface area contributed by atoms with E-state index in [0.717, 1.165) is 6.04 Å². The summed E-state index contributed by atoms with van der Waals surface area (Å²) in [6.45, 7) is 4.89. The van der Waals surface area contributed by atoms with Gasteiger partial charge in [0.05, 0.1) is 0 Å². The number of unbranched alkanes of at least 4 members (excludes halogenated alkanes) is 4. The number of hydrogen-bond acceptors (Lipinski definition) is 1. The first-order valence-electron chi connectivity index (χ1n) is 7.68. The maximum Gasteiger partial charge on any atom is 0.0224 e. The van der Waals surface area contributed by atoms with E-state index in [-0.39, 0.29) is 0 Å². The molecule has 0 saturated carbocycles. The standard InChI is InChI=1S/C17H27N/c1-2-3-4-5-9-12-17-15-18(17)14-13-16-10-7-6-8-11-16/h6-8,10-11,17H,2-5,9,12-15H2,1H3. The molecule has 1 aromatic carbocycles. The van der Waals surface area contributed by atoms with Crippen molar-refractivity contribution >= 4 is 0 Å². The third-order valence-electron chi connectivity index (χ3n) is 4.00. The molecule has 1 aliphatic heterocycles. The van der Waals surface area contributed by atoms with Crippen molar-refractivity contribution < 1.29 is 0 Å². The molecule has 0 aromatic heterocycles. The molecular formula is C17H27N. The fraction of sp³-hybridized carbons (Fsp3) is 0.647. The van der Waals surface area contributed by atoms with E-state index in [0.29, 0.717) is 0 Å². The highest BCUT2D eigenvalue weighted by Crippen LogP contribution is 2.23. The van der Waals surface area contributed by atoms with Gasteiger partial charge in [0.15, 0.2) is 0 Å². The van der Waals surface area contributed by atoms with Gasteiger partial charge in [0, 0.05) is 19.1 Å². The van der Waals surface area contributed by atoms with Crippen molar-refractivity contribution in [2.75, 3.05) is 13.1 Å². The van der Waals surface area contributed by atoms with E-state index in [1.807, 2.05) is 0 Å². The smallest absolute Gasteiger partial charge is 0.0224 e. The zero-order valence-electron chi connectivity index (χ0n) is 11.8. The maximum atomic E-state index is 2.63. The number of rotatable bonds is 9. The Bertz CT molecular complexity index is 320. The van der Waals surface area contributed by atoms with Gasteiger partial charge in [0.1, 0.15) is 0 Å². The first kappa shape index (κ1) is 13.6. The summed E-state index contributed by atoms with van der Waals surface area (Å²) in [7, 11) is 0. The van der Waals surface area contributed by atoms with Crippen LogP contribution in [0, 0.1) is 0 Å². The topological polar surface area (TPSA) is 3.01 Å². The second kappa shape index (κ2) is 7.58. The van der Waals surface area contributed by atoms with Crippen LogP contribution in [0.1, 0.15) is 51.0 Å². The SMILES string of the molecule is CCCCCCCC1CN1CCc1ccccc1. The first-order valence-corrected chi connectivity index (χ1v) is 7.68. The van der Waals surface area contributed by atoms with E-state index in [2.05, 4.69) is 42.2 Å². The Morgan fingerprint density at radius 2 is 1.83 bits per heavy atom. The average molecular weight is 245 g/mol. The lowest BCUT2D eigenvalue weighted by Gasteiger charge is -2.04. The predicted molar refractivity (Wildman–Crippen MR) is 78.9 cm³/mol. The van der Waals surface area contributed by atoms with Gasteiger partial charge in [-0.3, -0.25) is 4.90 Å². The Morgan fingerprint density at radius 3 is 2.61 bits per heavy atom. The molecule has 0 bridgehead atoms. The Hall–Kier alpha value is -0.820. The van der Waals surface area contributed by atoms with Gasteiger partial charge in [-0.2, -0.15) is 0 Å². The van der Waals surface area contributed by atoms with E-state index in [9.17, 15) is 0 Å². The molecule has 0 spiro atoms. The van der Waals surface area contributed by atoms with E-state index in [1.165, 1.54) is 63.6 Å². The Labute approximate surface area is 112 Å². The molecule has 0 radical (unpaired) electrons. The summed E-state index contributed by atoms with van der Waals surface area (Å²) in [6, 6.07) is 11.8. The lowest BCUT2D eigenvalue weighted by Crippen LogP contribution is -2.06. The molecule has 0 amide bonds. The van der Waals surface area contributed by atoms with Crippen LogP contribution in [-0.4, -0.2) is 24.0 Å². The Balaban J connectivity index is 1.50. The Kier molecular flexibility index (Phi) is 5.73. The van der Waals surface area contributed by atoms with E-state index in [4.69, 9.17) is 0 Å². The first-order chi connectivity index (χ1) is 8.90. The second-order valence-electron chi connectivity index (χ2n) is 5.59. The van der Waals surface area contributed by atoms with Gasteiger partial charge in [0.25, 0.3) is 0 Å². The molecule has 1 heterocycles. The fourth-order valence-electron chi connectivity index (χ4n) is 2.67. The van der Waals surface area contributed by atoms with Crippen molar-refractivity contribution in [2.45, 2.75) is 57.9 Å². The van der Waals surface area contributed by atoms with E-state index < -0.39 is 0 Å². The molecule has 1 aromatic rings. The third kappa shape index (κ3) is 4.81. The van der Waals surface area contributed by atoms with Gasteiger partial charge in [-0.05, 0) is 18.4 Å². The molecule has 0 N–H and O–H groups in total. The van der Waals surface area contributed by atoms with Crippen molar-refractivity contribution in [1.82, 2.24) is 4.90 Å². The minimum Gasteiger partial charge on any atom is -0.297 e. The van der Waals surface area contributed by atoms with Crippen LogP contribution >= 0.6 is 0 Å². The predicted octanol–water partition coefficient (Wildman–Crippen LogP) is 4.27. The zero-order chi connectivity index (χ0) is 12.6. The maximum absolute atomic E-state index is 2.63. The summed E-state index contributed by atoms with van der Waals surface area (Å²) in [4.78, 5) is 2.63. The van der Waals surface area contributed by atoms with Crippen LogP contribution in [0.15, 0.2) is 30.3 Å². The van der Waals surface area contributed by atoms with Gasteiger partial charge in [-0.25, -0.2) is 0 Å². The van der Waals surface area contributed by atoms with Gasteiger partial charge in [0.2, 0.25) is 0 Å². The monoisotopic (exact) mass is 245 g/mol. The van der Waals surface area contributed by atoms with Crippen molar-refractivity contribution in [3.63, 3.8) is 0 Å². The van der Waals surface area contributed by atoms with Crippen LogP contribution in [0.5, 0.6) is 0 Å². The number of nitrogens with zero attached hydrogens (tertiary/aromatic N) is 1. The van der Waals surface area contributed by atoms with Crippen LogP contribution in [0.2, 0.25) is 0 Å². The molecule has 18 heavy (non-hydrogen) atoms. The molecule has 2 unspecified atom stereocenters. The van der Waals surface area contributed by atoms with Crippen LogP contribution < -0.4 is 0 Å². The van der Waals surface area contributed by atoms with E-state index in [1.54, 1.807) is 0 Å².